The lowest BCUT2D eigenvalue weighted by Gasteiger charge is -2.45. The number of carboxylic acids is 1. The van der Waals surface area contributed by atoms with Gasteiger partial charge in [-0.25, -0.2) is 13.2 Å². The van der Waals surface area contributed by atoms with Gasteiger partial charge in [0.05, 0.1) is 0 Å². The molecule has 1 amide bonds. The van der Waals surface area contributed by atoms with E-state index in [2.05, 4.69) is 15.9 Å². The number of β-lactam (4-membered cyclic amide) rings is 1. The van der Waals surface area contributed by atoms with Crippen LogP contribution in [0.4, 0.5) is 0 Å². The summed E-state index contributed by atoms with van der Waals surface area (Å²) in [5, 5.41) is 8.00. The Hall–Kier alpha value is 0.1000. The van der Waals surface area contributed by atoms with Crippen LogP contribution < -0.4 is 0 Å². The molecule has 0 aromatic rings. The Morgan fingerprint density at radius 1 is 1.53 bits per heavy atom. The van der Waals surface area contributed by atoms with Gasteiger partial charge in [-0.1, -0.05) is 38.5 Å². The lowest BCUT2D eigenvalue weighted by Crippen LogP contribution is -2.69. The molecule has 2 aliphatic heterocycles. The molecule has 17 heavy (non-hydrogen) atoms. The van der Waals surface area contributed by atoms with Crippen molar-refractivity contribution in [2.75, 3.05) is 0 Å². The number of carbonyl (C=O) groups is 2. The van der Waals surface area contributed by atoms with Crippen LogP contribution in [0, 0.1) is 0 Å². The lowest BCUT2D eigenvalue weighted by molar-refractivity contribution is -0.156. The molecule has 96 valence electrons. The monoisotopic (exact) mass is 437 g/mol. The largest absolute Gasteiger partial charge is 0.480 e. The first-order valence-corrected chi connectivity index (χ1v) is 8.06. The number of fused-ring (bicyclic) bond motifs is 1. The molecule has 0 bridgehead atoms. The van der Waals surface area contributed by atoms with Crippen LogP contribution in [0.25, 0.3) is 0 Å². The van der Waals surface area contributed by atoms with Crippen LogP contribution in [0.1, 0.15) is 13.8 Å². The van der Waals surface area contributed by atoms with E-state index in [0.717, 1.165) is 4.90 Å². The average molecular weight is 438 g/mol. The highest BCUT2D eigenvalue weighted by molar-refractivity contribution is 14.1. The van der Waals surface area contributed by atoms with E-state index < -0.39 is 40.2 Å². The Morgan fingerprint density at radius 3 is 2.41 bits per heavy atom. The maximum atomic E-state index is 12.3. The van der Waals surface area contributed by atoms with Crippen LogP contribution in [-0.4, -0.2) is 48.8 Å². The molecule has 2 fully saturated rings. The van der Waals surface area contributed by atoms with Crippen LogP contribution in [0.3, 0.4) is 0 Å². The van der Waals surface area contributed by atoms with Crippen LogP contribution in [0.15, 0.2) is 0 Å². The fraction of sp³-hybridized carbons (Fsp3) is 0.750. The van der Waals surface area contributed by atoms with Gasteiger partial charge in [-0.05, 0) is 13.8 Å². The van der Waals surface area contributed by atoms with Gasteiger partial charge in [-0.3, -0.25) is 4.79 Å². The van der Waals surface area contributed by atoms with Gasteiger partial charge in [0.15, 0.2) is 17.5 Å². The number of halogens is 2. The summed E-state index contributed by atoms with van der Waals surface area (Å²) in [5.74, 6) is -1.81. The molecular weight excluding hydrogens is 429 g/mol. The fourth-order valence-corrected chi connectivity index (χ4v) is 7.14. The number of rotatable bonds is 1. The van der Waals surface area contributed by atoms with Crippen LogP contribution in [-0.2, 0) is 19.4 Å². The SMILES string of the molecule is CC1(C)[C@H](C(=O)O)N2C(=O)C(Br)(I)[C@H]2S1(=O)=O. The summed E-state index contributed by atoms with van der Waals surface area (Å²) >= 11 is 4.76. The Bertz CT molecular complexity index is 528. The van der Waals surface area contributed by atoms with Gasteiger partial charge in [0.2, 0.25) is 0 Å². The third-order valence-corrected chi connectivity index (χ3v) is 8.69. The molecule has 2 rings (SSSR count). The molecule has 0 saturated carbocycles. The number of carboxylic acid groups (broad SMARTS) is 1. The van der Waals surface area contributed by atoms with Crippen LogP contribution >= 0.6 is 38.5 Å². The quantitative estimate of drug-likeness (QED) is 0.363. The standard InChI is InChI=1S/C8H9BrINO5S/c1-7(2)3(4(12)13)11-5(14)8(9,10)6(11)17(7,15)16/h3,6H,1-2H3,(H,12,13)/t3-,6+,8?/m0/s1. The molecule has 0 aromatic heterocycles. The summed E-state index contributed by atoms with van der Waals surface area (Å²) in [6.45, 7) is 2.68. The summed E-state index contributed by atoms with van der Waals surface area (Å²) in [4.78, 5) is 23.9. The zero-order valence-corrected chi connectivity index (χ0v) is 13.4. The minimum absolute atomic E-state index is 0.510. The zero-order chi connectivity index (χ0) is 13.4. The van der Waals surface area contributed by atoms with E-state index in [1.807, 2.05) is 0 Å². The van der Waals surface area contributed by atoms with Gasteiger partial charge in [0, 0.05) is 0 Å². The first-order chi connectivity index (χ1) is 7.47. The van der Waals surface area contributed by atoms with Crippen molar-refractivity contribution >= 4 is 60.2 Å². The summed E-state index contributed by atoms with van der Waals surface area (Å²) in [6, 6.07) is -1.33. The normalized spacial score (nSPS) is 41.9. The number of sulfone groups is 1. The van der Waals surface area contributed by atoms with Gasteiger partial charge in [0.1, 0.15) is 10.8 Å². The third kappa shape index (κ3) is 1.33. The first-order valence-electron chi connectivity index (χ1n) is 4.64. The zero-order valence-electron chi connectivity index (χ0n) is 8.85. The molecule has 0 radical (unpaired) electrons. The predicted octanol–water partition coefficient (Wildman–Crippen LogP) is 0.341. The average Bonchev–Trinajstić information content (AvgIpc) is 2.29. The first kappa shape index (κ1) is 13.5. The Kier molecular flexibility index (Phi) is 2.67. The van der Waals surface area contributed by atoms with Gasteiger partial charge < -0.3 is 10.0 Å². The van der Waals surface area contributed by atoms with Gasteiger partial charge in [-0.15, -0.1) is 0 Å². The van der Waals surface area contributed by atoms with E-state index in [4.69, 9.17) is 5.11 Å². The molecule has 9 heteroatoms. The highest BCUT2D eigenvalue weighted by atomic mass is 127. The topological polar surface area (TPSA) is 91.8 Å². The second kappa shape index (κ2) is 3.35. The number of amides is 1. The van der Waals surface area contributed by atoms with E-state index >= 15 is 0 Å². The van der Waals surface area contributed by atoms with Crippen LogP contribution in [0.5, 0.6) is 0 Å². The van der Waals surface area contributed by atoms with Crippen molar-refractivity contribution < 1.29 is 23.1 Å². The molecule has 2 heterocycles. The molecule has 3 atom stereocenters. The molecule has 0 aromatic carbocycles. The van der Waals surface area contributed by atoms with Crippen molar-refractivity contribution in [2.45, 2.75) is 32.3 Å². The van der Waals surface area contributed by atoms with Crippen molar-refractivity contribution in [2.24, 2.45) is 0 Å². The Labute approximate surface area is 120 Å². The lowest BCUT2D eigenvalue weighted by atomic mass is 9.98. The second-order valence-electron chi connectivity index (χ2n) is 4.58. The number of carbonyl (C=O) groups excluding carboxylic acids is 1. The maximum Gasteiger partial charge on any atom is 0.328 e. The number of hydrogen-bond acceptors (Lipinski definition) is 4. The minimum atomic E-state index is -3.73. The molecule has 0 aliphatic carbocycles. The van der Waals surface area contributed by atoms with Crippen molar-refractivity contribution in [3.63, 3.8) is 0 Å². The summed E-state index contributed by atoms with van der Waals surface area (Å²) in [7, 11) is -3.73. The molecule has 6 nitrogen and oxygen atoms in total. The van der Waals surface area contributed by atoms with E-state index in [-0.39, 0.29) is 0 Å². The predicted molar refractivity (Wildman–Crippen MR) is 70.7 cm³/mol. The smallest absolute Gasteiger partial charge is 0.328 e. The highest BCUT2D eigenvalue weighted by Gasteiger charge is 2.77. The fourth-order valence-electron chi connectivity index (χ4n) is 2.28. The summed E-state index contributed by atoms with van der Waals surface area (Å²) in [5.41, 5.74) is 0. The molecule has 2 aliphatic rings. The Morgan fingerprint density at radius 2 is 2.00 bits per heavy atom. The van der Waals surface area contributed by atoms with Gasteiger partial charge in [-0.2, -0.15) is 0 Å². The molecule has 1 unspecified atom stereocenters. The van der Waals surface area contributed by atoms with E-state index in [9.17, 15) is 18.0 Å². The summed E-state index contributed by atoms with van der Waals surface area (Å²) in [6.07, 6.45) is 0. The Balaban J connectivity index is 2.65. The number of hydrogen-bond donors (Lipinski definition) is 1. The number of nitrogens with zero attached hydrogens (tertiary/aromatic N) is 1. The van der Waals surface area contributed by atoms with E-state index in [1.54, 1.807) is 22.6 Å². The van der Waals surface area contributed by atoms with Gasteiger partial charge in [0.25, 0.3) is 5.91 Å². The number of alkyl halides is 2. The summed E-state index contributed by atoms with van der Waals surface area (Å²) < 4.78 is 21.8. The van der Waals surface area contributed by atoms with Crippen molar-refractivity contribution in [1.82, 2.24) is 4.90 Å². The van der Waals surface area contributed by atoms with E-state index in [0.29, 0.717) is 0 Å². The second-order valence-corrected chi connectivity index (χ2v) is 11.6. The molecule has 2 saturated heterocycles. The highest BCUT2D eigenvalue weighted by Crippen LogP contribution is 2.56. The number of aliphatic carboxylic acids is 1. The van der Waals surface area contributed by atoms with E-state index in [1.165, 1.54) is 13.8 Å². The molecule has 0 spiro atoms. The van der Waals surface area contributed by atoms with Crippen LogP contribution in [0.2, 0.25) is 0 Å². The molecular formula is C8H9BrINO5S. The minimum Gasteiger partial charge on any atom is -0.480 e. The van der Waals surface area contributed by atoms with Gasteiger partial charge >= 0.3 is 5.97 Å². The molecule has 1 N–H and O–H groups in total. The van der Waals surface area contributed by atoms with Crippen molar-refractivity contribution in [1.29, 1.82) is 0 Å². The maximum absolute atomic E-state index is 12.3. The van der Waals surface area contributed by atoms with Crippen molar-refractivity contribution in [3.05, 3.63) is 0 Å². The third-order valence-electron chi connectivity index (χ3n) is 3.28. The van der Waals surface area contributed by atoms with Crippen molar-refractivity contribution in [3.8, 4) is 0 Å².